The highest BCUT2D eigenvalue weighted by atomic mass is 16.5. The van der Waals surface area contributed by atoms with E-state index in [-0.39, 0.29) is 11.5 Å². The summed E-state index contributed by atoms with van der Waals surface area (Å²) in [5, 5.41) is 3.47. The second kappa shape index (κ2) is 10.6. The Morgan fingerprint density at radius 1 is 0.973 bits per heavy atom. The number of benzene rings is 1. The Hall–Kier alpha value is -3.24. The maximum absolute atomic E-state index is 6.54. The van der Waals surface area contributed by atoms with Crippen LogP contribution >= 0.6 is 0 Å². The molecule has 2 aromatic heterocycles. The monoisotopic (exact) mass is 506 g/mol. The standard InChI is InChI=1S/C27H34N6O4/c1-27(16-35-17-27)18-36-22-14-30-26(31-15-22)32-19-2-4-21(5-3-19)37-24-13-20(33-8-10-34-11-9-33)12-23-25(24)29-7-6-28-23/h6-7,12-15,19,21H,2-5,8-11,16-18H2,1H3,(H,30,31,32)/t19-,21+. The molecule has 6 rings (SSSR count). The highest BCUT2D eigenvalue weighted by molar-refractivity contribution is 5.85. The van der Waals surface area contributed by atoms with Gasteiger partial charge in [-0.2, -0.15) is 0 Å². The predicted molar refractivity (Wildman–Crippen MR) is 139 cm³/mol. The van der Waals surface area contributed by atoms with E-state index in [1.807, 2.05) is 0 Å². The van der Waals surface area contributed by atoms with E-state index in [1.54, 1.807) is 24.8 Å². The van der Waals surface area contributed by atoms with Gasteiger partial charge in [-0.3, -0.25) is 4.98 Å². The molecule has 1 saturated carbocycles. The van der Waals surface area contributed by atoms with Crippen molar-refractivity contribution in [3.63, 3.8) is 0 Å². The summed E-state index contributed by atoms with van der Waals surface area (Å²) in [5.41, 5.74) is 2.88. The molecule has 3 aliphatic rings. The Bertz CT molecular complexity index is 1190. The maximum atomic E-state index is 6.54. The van der Waals surface area contributed by atoms with Gasteiger partial charge in [0.15, 0.2) is 5.75 Å². The normalized spacial score (nSPS) is 23.3. The molecule has 10 nitrogen and oxygen atoms in total. The van der Waals surface area contributed by atoms with Gasteiger partial charge in [-0.1, -0.05) is 6.92 Å². The number of ether oxygens (including phenoxy) is 4. The minimum absolute atomic E-state index is 0.0975. The molecule has 0 spiro atoms. The molecule has 3 aromatic rings. The fraction of sp³-hybridized carbons (Fsp3) is 0.556. The highest BCUT2D eigenvalue weighted by Gasteiger charge is 2.34. The highest BCUT2D eigenvalue weighted by Crippen LogP contribution is 2.33. The first kappa shape index (κ1) is 24.1. The number of nitrogens with zero attached hydrogens (tertiary/aromatic N) is 5. The summed E-state index contributed by atoms with van der Waals surface area (Å²) < 4.78 is 23.2. The summed E-state index contributed by atoms with van der Waals surface area (Å²) in [7, 11) is 0. The predicted octanol–water partition coefficient (Wildman–Crippen LogP) is 3.47. The van der Waals surface area contributed by atoms with E-state index < -0.39 is 0 Å². The third-order valence-electron chi connectivity index (χ3n) is 7.32. The Morgan fingerprint density at radius 2 is 1.73 bits per heavy atom. The summed E-state index contributed by atoms with van der Waals surface area (Å²) in [5.74, 6) is 2.13. The van der Waals surface area contributed by atoms with Crippen LogP contribution in [0.15, 0.2) is 36.9 Å². The molecule has 1 N–H and O–H groups in total. The molecule has 37 heavy (non-hydrogen) atoms. The van der Waals surface area contributed by atoms with Gasteiger partial charge in [0, 0.05) is 48.7 Å². The Labute approximate surface area is 216 Å². The van der Waals surface area contributed by atoms with Gasteiger partial charge >= 0.3 is 0 Å². The third-order valence-corrected chi connectivity index (χ3v) is 7.32. The molecule has 0 radical (unpaired) electrons. The number of fused-ring (bicyclic) bond motifs is 1. The second-order valence-corrected chi connectivity index (χ2v) is 10.5. The molecule has 3 fully saturated rings. The zero-order chi connectivity index (χ0) is 25.1. The quantitative estimate of drug-likeness (QED) is 0.488. The van der Waals surface area contributed by atoms with E-state index in [9.17, 15) is 0 Å². The minimum Gasteiger partial charge on any atom is -0.490 e. The van der Waals surface area contributed by atoms with Crippen molar-refractivity contribution in [3.8, 4) is 11.5 Å². The lowest BCUT2D eigenvalue weighted by Gasteiger charge is -2.37. The molecule has 2 saturated heterocycles. The number of nitrogens with one attached hydrogen (secondary N) is 1. The van der Waals surface area contributed by atoms with E-state index in [0.29, 0.717) is 24.3 Å². The van der Waals surface area contributed by atoms with Crippen molar-refractivity contribution in [1.29, 1.82) is 0 Å². The van der Waals surface area contributed by atoms with Crippen molar-refractivity contribution < 1.29 is 18.9 Å². The van der Waals surface area contributed by atoms with Crippen molar-refractivity contribution in [1.82, 2.24) is 19.9 Å². The molecule has 196 valence electrons. The van der Waals surface area contributed by atoms with Crippen molar-refractivity contribution in [2.75, 3.05) is 56.3 Å². The van der Waals surface area contributed by atoms with E-state index in [4.69, 9.17) is 18.9 Å². The van der Waals surface area contributed by atoms with Crippen LogP contribution in [0.3, 0.4) is 0 Å². The zero-order valence-corrected chi connectivity index (χ0v) is 21.3. The molecule has 10 heteroatoms. The van der Waals surface area contributed by atoms with E-state index in [1.165, 1.54) is 0 Å². The Balaban J connectivity index is 1.04. The molecule has 1 aromatic carbocycles. The van der Waals surface area contributed by atoms with Gasteiger partial charge < -0.3 is 29.2 Å². The smallest absolute Gasteiger partial charge is 0.223 e. The summed E-state index contributed by atoms with van der Waals surface area (Å²) in [4.78, 5) is 20.3. The molecule has 1 aliphatic carbocycles. The van der Waals surface area contributed by atoms with Gasteiger partial charge in [-0.15, -0.1) is 0 Å². The average Bonchev–Trinajstić information content (AvgIpc) is 2.93. The minimum atomic E-state index is 0.0975. The lowest BCUT2D eigenvalue weighted by molar-refractivity contribution is -0.120. The van der Waals surface area contributed by atoms with Crippen LogP contribution in [0.1, 0.15) is 32.6 Å². The van der Waals surface area contributed by atoms with Gasteiger partial charge in [0.1, 0.15) is 11.3 Å². The summed E-state index contributed by atoms with van der Waals surface area (Å²) in [6, 6.07) is 4.52. The van der Waals surface area contributed by atoms with Crippen LogP contribution in [0.25, 0.3) is 11.0 Å². The number of rotatable bonds is 8. The summed E-state index contributed by atoms with van der Waals surface area (Å²) in [6.07, 6.45) is 10.9. The number of hydrogen-bond acceptors (Lipinski definition) is 10. The van der Waals surface area contributed by atoms with Crippen molar-refractivity contribution in [2.45, 2.75) is 44.8 Å². The first-order valence-electron chi connectivity index (χ1n) is 13.2. The third kappa shape index (κ3) is 5.70. The fourth-order valence-electron chi connectivity index (χ4n) is 5.07. The summed E-state index contributed by atoms with van der Waals surface area (Å²) >= 11 is 0. The first-order chi connectivity index (χ1) is 18.1. The van der Waals surface area contributed by atoms with Crippen LogP contribution < -0.4 is 19.7 Å². The van der Waals surface area contributed by atoms with Gasteiger partial charge in [0.05, 0.1) is 57.0 Å². The number of morpholine rings is 1. The van der Waals surface area contributed by atoms with E-state index in [0.717, 1.165) is 87.7 Å². The van der Waals surface area contributed by atoms with Crippen LogP contribution in [-0.2, 0) is 9.47 Å². The number of aromatic nitrogens is 4. The maximum Gasteiger partial charge on any atom is 0.223 e. The van der Waals surface area contributed by atoms with Gasteiger partial charge in [-0.25, -0.2) is 15.0 Å². The Kier molecular flexibility index (Phi) is 6.93. The molecule has 4 heterocycles. The van der Waals surface area contributed by atoms with Crippen LogP contribution in [-0.4, -0.2) is 78.2 Å². The van der Waals surface area contributed by atoms with Crippen LogP contribution in [0, 0.1) is 5.41 Å². The Morgan fingerprint density at radius 3 is 2.46 bits per heavy atom. The second-order valence-electron chi connectivity index (χ2n) is 10.5. The lowest BCUT2D eigenvalue weighted by Crippen LogP contribution is -2.44. The fourth-order valence-corrected chi connectivity index (χ4v) is 5.07. The van der Waals surface area contributed by atoms with Gasteiger partial charge in [0.25, 0.3) is 0 Å². The number of anilines is 2. The molecule has 0 bridgehead atoms. The number of hydrogen-bond donors (Lipinski definition) is 1. The summed E-state index contributed by atoms with van der Waals surface area (Å²) in [6.45, 7) is 7.45. The zero-order valence-electron chi connectivity index (χ0n) is 21.3. The lowest BCUT2D eigenvalue weighted by atomic mass is 9.90. The van der Waals surface area contributed by atoms with Gasteiger partial charge in [-0.05, 0) is 31.7 Å². The van der Waals surface area contributed by atoms with Crippen molar-refractivity contribution in [3.05, 3.63) is 36.9 Å². The molecular formula is C27H34N6O4. The van der Waals surface area contributed by atoms with E-state index >= 15 is 0 Å². The average molecular weight is 507 g/mol. The molecule has 0 amide bonds. The van der Waals surface area contributed by atoms with Crippen LogP contribution in [0.4, 0.5) is 11.6 Å². The van der Waals surface area contributed by atoms with Crippen LogP contribution in [0.2, 0.25) is 0 Å². The van der Waals surface area contributed by atoms with Crippen molar-refractivity contribution >= 4 is 22.7 Å². The SMILES string of the molecule is CC1(COc2cnc(N[C@H]3CC[C@@H](Oc4cc(N5CCOCC5)cc5nccnc45)CC3)nc2)COC1. The molecule has 0 atom stereocenters. The topological polar surface area (TPSA) is 104 Å². The van der Waals surface area contributed by atoms with Gasteiger partial charge in [0.2, 0.25) is 5.95 Å². The molecular weight excluding hydrogens is 472 g/mol. The van der Waals surface area contributed by atoms with Crippen LogP contribution in [0.5, 0.6) is 11.5 Å². The molecule has 0 unspecified atom stereocenters. The molecule has 2 aliphatic heterocycles. The first-order valence-corrected chi connectivity index (χ1v) is 13.2. The van der Waals surface area contributed by atoms with Crippen molar-refractivity contribution in [2.24, 2.45) is 5.41 Å². The van der Waals surface area contributed by atoms with E-state index in [2.05, 4.69) is 49.2 Å². The largest absolute Gasteiger partial charge is 0.490 e.